The first-order chi connectivity index (χ1) is 10.5. The lowest BCUT2D eigenvalue weighted by Crippen LogP contribution is -2.33. The Hall–Kier alpha value is -0.820. The van der Waals surface area contributed by atoms with Crippen LogP contribution in [0.5, 0.6) is 5.75 Å². The topological polar surface area (TPSA) is 58.6 Å². The quantitative estimate of drug-likeness (QED) is 0.771. The second kappa shape index (κ2) is 8.15. The summed E-state index contributed by atoms with van der Waals surface area (Å²) in [4.78, 5) is 2.55. The van der Waals surface area contributed by atoms with Gasteiger partial charge in [0, 0.05) is 6.54 Å². The van der Waals surface area contributed by atoms with Crippen LogP contribution >= 0.6 is 11.6 Å². The van der Waals surface area contributed by atoms with Crippen molar-refractivity contribution >= 4 is 21.6 Å². The lowest BCUT2D eigenvalue weighted by molar-refractivity contribution is 0.227. The molecule has 0 spiro atoms. The summed E-state index contributed by atoms with van der Waals surface area (Å²) in [5.41, 5.74) is 0. The molecule has 1 aliphatic heterocycles. The average molecular weight is 347 g/mol. The molecule has 0 bridgehead atoms. The fraction of sp³-hybridized carbons (Fsp3) is 0.600. The zero-order chi connectivity index (χ0) is 16.0. The van der Waals surface area contributed by atoms with Crippen LogP contribution in [0.1, 0.15) is 25.7 Å². The molecule has 0 aromatic heterocycles. The van der Waals surface area contributed by atoms with Gasteiger partial charge in [-0.15, -0.1) is 0 Å². The number of sulfonamides is 1. The Labute approximate surface area is 137 Å². The van der Waals surface area contributed by atoms with Gasteiger partial charge in [-0.05, 0) is 57.1 Å². The normalized spacial score (nSPS) is 16.6. The predicted octanol–water partition coefficient (Wildman–Crippen LogP) is 2.50. The van der Waals surface area contributed by atoms with Gasteiger partial charge in [0.2, 0.25) is 10.0 Å². The Balaban J connectivity index is 1.84. The van der Waals surface area contributed by atoms with E-state index in [1.807, 2.05) is 0 Å². The molecule has 0 unspecified atom stereocenters. The zero-order valence-electron chi connectivity index (χ0n) is 12.8. The van der Waals surface area contributed by atoms with Gasteiger partial charge in [-0.2, -0.15) is 0 Å². The number of hydrogen-bond acceptors (Lipinski definition) is 4. The maximum Gasteiger partial charge on any atom is 0.240 e. The third kappa shape index (κ3) is 4.84. The first-order valence-corrected chi connectivity index (χ1v) is 9.44. The van der Waals surface area contributed by atoms with Crippen molar-refractivity contribution in [3.8, 4) is 5.75 Å². The van der Waals surface area contributed by atoms with E-state index in [9.17, 15) is 8.42 Å². The highest BCUT2D eigenvalue weighted by Gasteiger charge is 2.16. The van der Waals surface area contributed by atoms with Crippen molar-refractivity contribution in [1.29, 1.82) is 0 Å². The minimum atomic E-state index is -3.52. The molecule has 0 aliphatic carbocycles. The molecule has 7 heteroatoms. The van der Waals surface area contributed by atoms with E-state index in [0.717, 1.165) is 26.1 Å². The van der Waals surface area contributed by atoms with Gasteiger partial charge in [-0.1, -0.05) is 18.0 Å². The van der Waals surface area contributed by atoms with E-state index in [4.69, 9.17) is 16.3 Å². The van der Waals surface area contributed by atoms with Gasteiger partial charge >= 0.3 is 0 Å². The first kappa shape index (κ1) is 17.5. The van der Waals surface area contributed by atoms with Gasteiger partial charge in [-0.3, -0.25) is 0 Å². The third-order valence-corrected chi connectivity index (χ3v) is 5.58. The van der Waals surface area contributed by atoms with E-state index < -0.39 is 10.0 Å². The summed E-state index contributed by atoms with van der Waals surface area (Å²) in [5.74, 6) is 0.464. The van der Waals surface area contributed by atoms with E-state index >= 15 is 0 Å². The summed E-state index contributed by atoms with van der Waals surface area (Å²) in [7, 11) is -2.02. The summed E-state index contributed by atoms with van der Waals surface area (Å²) in [6.07, 6.45) is 4.61. The van der Waals surface area contributed by atoms with E-state index in [0.29, 0.717) is 17.3 Å². The molecular formula is C15H23ClN2O3S. The van der Waals surface area contributed by atoms with Gasteiger partial charge in [0.1, 0.15) is 5.75 Å². The molecule has 0 saturated carbocycles. The van der Waals surface area contributed by atoms with Gasteiger partial charge in [-0.25, -0.2) is 13.1 Å². The highest BCUT2D eigenvalue weighted by molar-refractivity contribution is 7.89. The van der Waals surface area contributed by atoms with Gasteiger partial charge < -0.3 is 9.64 Å². The number of hydrogen-bond donors (Lipinski definition) is 1. The molecular weight excluding hydrogens is 324 g/mol. The van der Waals surface area contributed by atoms with Crippen LogP contribution in [-0.2, 0) is 10.0 Å². The molecule has 22 heavy (non-hydrogen) atoms. The minimum absolute atomic E-state index is 0.163. The van der Waals surface area contributed by atoms with E-state index in [1.165, 1.54) is 38.5 Å². The van der Waals surface area contributed by atoms with Crippen LogP contribution in [-0.4, -0.2) is 46.6 Å². The van der Waals surface area contributed by atoms with Crippen LogP contribution in [0.4, 0.5) is 0 Å². The molecule has 1 aromatic carbocycles. The van der Waals surface area contributed by atoms with Crippen LogP contribution in [0.15, 0.2) is 23.1 Å². The molecule has 1 N–H and O–H groups in total. The highest BCUT2D eigenvalue weighted by atomic mass is 35.5. The number of benzene rings is 1. The molecule has 1 aromatic rings. The number of methoxy groups -OCH3 is 1. The molecule has 1 aliphatic rings. The number of likely N-dealkylation sites (tertiary alicyclic amines) is 1. The van der Waals surface area contributed by atoms with Gasteiger partial charge in [0.15, 0.2) is 0 Å². The highest BCUT2D eigenvalue weighted by Crippen LogP contribution is 2.26. The van der Waals surface area contributed by atoms with Crippen LogP contribution in [0.2, 0.25) is 5.02 Å². The summed E-state index contributed by atoms with van der Waals surface area (Å²) >= 11 is 5.97. The monoisotopic (exact) mass is 346 g/mol. The molecule has 1 heterocycles. The lowest BCUT2D eigenvalue weighted by Gasteiger charge is -2.26. The Bertz CT molecular complexity index is 586. The van der Waals surface area contributed by atoms with E-state index in [-0.39, 0.29) is 4.90 Å². The number of nitrogens with one attached hydrogen (secondary N) is 1. The van der Waals surface area contributed by atoms with Crippen molar-refractivity contribution in [3.05, 3.63) is 23.2 Å². The van der Waals surface area contributed by atoms with Crippen molar-refractivity contribution in [3.63, 3.8) is 0 Å². The molecule has 124 valence electrons. The first-order valence-electron chi connectivity index (χ1n) is 7.58. The van der Waals surface area contributed by atoms with Gasteiger partial charge in [0.05, 0.1) is 17.0 Å². The van der Waals surface area contributed by atoms with Crippen LogP contribution in [0.3, 0.4) is 0 Å². The van der Waals surface area contributed by atoms with Crippen molar-refractivity contribution in [2.75, 3.05) is 33.3 Å². The van der Waals surface area contributed by atoms with E-state index in [1.54, 1.807) is 6.07 Å². The zero-order valence-corrected chi connectivity index (χ0v) is 14.4. The van der Waals surface area contributed by atoms with Crippen LogP contribution < -0.4 is 9.46 Å². The maximum absolute atomic E-state index is 12.2. The summed E-state index contributed by atoms with van der Waals surface area (Å²) < 4.78 is 32.1. The minimum Gasteiger partial charge on any atom is -0.495 e. The number of piperidine rings is 1. The van der Waals surface area contributed by atoms with Crippen molar-refractivity contribution in [2.45, 2.75) is 30.6 Å². The number of ether oxygens (including phenoxy) is 1. The Kier molecular flexibility index (Phi) is 6.50. The Morgan fingerprint density at radius 3 is 2.64 bits per heavy atom. The molecule has 1 fully saturated rings. The van der Waals surface area contributed by atoms with Crippen molar-refractivity contribution < 1.29 is 13.2 Å². The Morgan fingerprint density at radius 2 is 2.00 bits per heavy atom. The molecule has 0 radical (unpaired) electrons. The molecule has 1 saturated heterocycles. The fourth-order valence-electron chi connectivity index (χ4n) is 2.59. The number of rotatable bonds is 7. The standard InChI is InChI=1S/C15H23ClN2O3S/c1-21-15-7-6-13(12-14(15)16)22(19,20)17-8-5-11-18-9-3-2-4-10-18/h6-7,12,17H,2-5,8-11H2,1H3. The fourth-order valence-corrected chi connectivity index (χ4v) is 4.01. The molecule has 2 rings (SSSR count). The van der Waals surface area contributed by atoms with Crippen molar-refractivity contribution in [2.24, 2.45) is 0 Å². The summed E-state index contributed by atoms with van der Waals surface area (Å²) in [5, 5.41) is 0.290. The molecule has 0 amide bonds. The second-order valence-corrected chi connectivity index (χ2v) is 7.62. The smallest absolute Gasteiger partial charge is 0.240 e. The van der Waals surface area contributed by atoms with E-state index in [2.05, 4.69) is 9.62 Å². The lowest BCUT2D eigenvalue weighted by atomic mass is 10.1. The maximum atomic E-state index is 12.2. The number of nitrogens with zero attached hydrogens (tertiary/aromatic N) is 1. The largest absolute Gasteiger partial charge is 0.495 e. The molecule has 0 atom stereocenters. The number of halogens is 1. The average Bonchev–Trinajstić information content (AvgIpc) is 2.52. The predicted molar refractivity (Wildman–Crippen MR) is 88.1 cm³/mol. The Morgan fingerprint density at radius 1 is 1.27 bits per heavy atom. The SMILES string of the molecule is COc1ccc(S(=O)(=O)NCCCN2CCCCC2)cc1Cl. The third-order valence-electron chi connectivity index (χ3n) is 3.83. The molecule has 5 nitrogen and oxygen atoms in total. The second-order valence-electron chi connectivity index (χ2n) is 5.45. The van der Waals surface area contributed by atoms with Crippen LogP contribution in [0, 0.1) is 0 Å². The summed E-state index contributed by atoms with van der Waals surface area (Å²) in [6, 6.07) is 4.47. The van der Waals surface area contributed by atoms with Crippen LogP contribution in [0.25, 0.3) is 0 Å². The summed E-state index contributed by atoms with van der Waals surface area (Å²) in [6.45, 7) is 3.62. The van der Waals surface area contributed by atoms with Gasteiger partial charge in [0.25, 0.3) is 0 Å². The van der Waals surface area contributed by atoms with Crippen molar-refractivity contribution in [1.82, 2.24) is 9.62 Å².